The monoisotopic (exact) mass is 282 g/mol. The van der Waals surface area contributed by atoms with Crippen LogP contribution in [0.25, 0.3) is 0 Å². The molecule has 6 heteroatoms. The maximum absolute atomic E-state index is 12.9. The van der Waals surface area contributed by atoms with Crippen molar-refractivity contribution < 1.29 is 18.0 Å². The van der Waals surface area contributed by atoms with E-state index in [1.807, 2.05) is 0 Å². The molecule has 20 heavy (non-hydrogen) atoms. The Bertz CT molecular complexity index is 576. The fourth-order valence-corrected chi connectivity index (χ4v) is 2.70. The smallest absolute Gasteiger partial charge is 0.331 e. The van der Waals surface area contributed by atoms with Gasteiger partial charge in [0.2, 0.25) is 0 Å². The van der Waals surface area contributed by atoms with Gasteiger partial charge in [0.15, 0.2) is 0 Å². The molecule has 106 valence electrons. The van der Waals surface area contributed by atoms with E-state index >= 15 is 0 Å². The summed E-state index contributed by atoms with van der Waals surface area (Å²) < 4.78 is 38.8. The molecule has 2 heterocycles. The summed E-state index contributed by atoms with van der Waals surface area (Å²) in [5.41, 5.74) is 1.12. The third-order valence-corrected chi connectivity index (χ3v) is 3.69. The number of nitrogens with one attached hydrogen (secondary N) is 1. The molecule has 0 aliphatic carbocycles. The third kappa shape index (κ3) is 2.20. The van der Waals surface area contributed by atoms with Crippen LogP contribution < -0.4 is 5.32 Å². The summed E-state index contributed by atoms with van der Waals surface area (Å²) in [5.74, 6) is -0.549. The van der Waals surface area contributed by atoms with Gasteiger partial charge in [-0.2, -0.15) is 13.2 Å². The van der Waals surface area contributed by atoms with Gasteiger partial charge in [0.05, 0.1) is 11.1 Å². The predicted octanol–water partition coefficient (Wildman–Crippen LogP) is 2.06. The number of benzene rings is 1. The first-order valence-corrected chi connectivity index (χ1v) is 6.33. The Morgan fingerprint density at radius 2 is 1.70 bits per heavy atom. The standard InChI is InChI=1S/C14H13F3N2O/c15-14(16,17)12-4-2-1-3-11(12)13(20)19-7-9-5-18-6-10(9)8-19/h1-4,18H,5-8H2. The molecule has 3 nitrogen and oxygen atoms in total. The van der Waals surface area contributed by atoms with E-state index in [1.165, 1.54) is 23.1 Å². The van der Waals surface area contributed by atoms with Crippen molar-refractivity contribution in [1.82, 2.24) is 10.2 Å². The molecular weight excluding hydrogens is 269 g/mol. The van der Waals surface area contributed by atoms with Crippen molar-refractivity contribution in [1.29, 1.82) is 0 Å². The summed E-state index contributed by atoms with van der Waals surface area (Å²) in [4.78, 5) is 13.8. The van der Waals surface area contributed by atoms with Crippen molar-refractivity contribution in [3.8, 4) is 0 Å². The number of hydrogen-bond donors (Lipinski definition) is 1. The zero-order valence-electron chi connectivity index (χ0n) is 10.6. The Kier molecular flexibility index (Phi) is 3.05. The van der Waals surface area contributed by atoms with Gasteiger partial charge in [0, 0.05) is 26.2 Å². The first kappa shape index (κ1) is 13.2. The number of halogens is 3. The molecule has 0 aromatic heterocycles. The van der Waals surface area contributed by atoms with E-state index < -0.39 is 17.6 Å². The lowest BCUT2D eigenvalue weighted by Gasteiger charge is -2.20. The number of nitrogens with zero attached hydrogens (tertiary/aromatic N) is 1. The van der Waals surface area contributed by atoms with E-state index in [-0.39, 0.29) is 5.56 Å². The van der Waals surface area contributed by atoms with Crippen LogP contribution in [0.2, 0.25) is 0 Å². The van der Waals surface area contributed by atoms with E-state index in [4.69, 9.17) is 0 Å². The maximum atomic E-state index is 12.9. The summed E-state index contributed by atoms with van der Waals surface area (Å²) >= 11 is 0. The fourth-order valence-electron chi connectivity index (χ4n) is 2.70. The van der Waals surface area contributed by atoms with Crippen molar-refractivity contribution >= 4 is 5.91 Å². The maximum Gasteiger partial charge on any atom is 0.417 e. The predicted molar refractivity (Wildman–Crippen MR) is 67.2 cm³/mol. The number of alkyl halides is 3. The molecule has 0 atom stereocenters. The second kappa shape index (κ2) is 4.63. The highest BCUT2D eigenvalue weighted by Gasteiger charge is 2.37. The minimum absolute atomic E-state index is 0.269. The Morgan fingerprint density at radius 1 is 1.10 bits per heavy atom. The lowest BCUT2D eigenvalue weighted by Crippen LogP contribution is -2.33. The molecule has 1 aromatic carbocycles. The highest BCUT2D eigenvalue weighted by atomic mass is 19.4. The number of carbonyl (C=O) groups excluding carboxylic acids is 1. The molecule has 0 fully saturated rings. The highest BCUT2D eigenvalue weighted by molar-refractivity contribution is 5.96. The van der Waals surface area contributed by atoms with Crippen LogP contribution in [0, 0.1) is 0 Å². The van der Waals surface area contributed by atoms with E-state index in [1.54, 1.807) is 0 Å². The molecule has 3 rings (SSSR count). The van der Waals surface area contributed by atoms with Crippen LogP contribution in [0.3, 0.4) is 0 Å². The topological polar surface area (TPSA) is 32.3 Å². The SMILES string of the molecule is O=C(c1ccccc1C(F)(F)F)N1CC2=C(CNC2)C1. The normalized spacial score (nSPS) is 18.6. The van der Waals surface area contributed by atoms with Gasteiger partial charge in [-0.1, -0.05) is 12.1 Å². The molecule has 1 N–H and O–H groups in total. The van der Waals surface area contributed by atoms with Gasteiger partial charge >= 0.3 is 6.18 Å². The van der Waals surface area contributed by atoms with Crippen LogP contribution in [0.5, 0.6) is 0 Å². The van der Waals surface area contributed by atoms with Gasteiger partial charge in [-0.05, 0) is 23.3 Å². The van der Waals surface area contributed by atoms with Crippen LogP contribution in [-0.4, -0.2) is 37.0 Å². The molecule has 2 aliphatic rings. The molecule has 0 spiro atoms. The van der Waals surface area contributed by atoms with Gasteiger partial charge in [-0.15, -0.1) is 0 Å². The molecule has 1 aromatic rings. The molecule has 0 bridgehead atoms. The largest absolute Gasteiger partial charge is 0.417 e. The Morgan fingerprint density at radius 3 is 2.30 bits per heavy atom. The molecule has 2 aliphatic heterocycles. The molecule has 0 radical (unpaired) electrons. The number of carbonyl (C=O) groups is 1. The quantitative estimate of drug-likeness (QED) is 0.800. The first-order valence-electron chi connectivity index (χ1n) is 6.33. The molecule has 0 saturated carbocycles. The van der Waals surface area contributed by atoms with Crippen molar-refractivity contribution in [2.24, 2.45) is 0 Å². The van der Waals surface area contributed by atoms with E-state index in [9.17, 15) is 18.0 Å². The molecule has 0 unspecified atom stereocenters. The van der Waals surface area contributed by atoms with Gasteiger partial charge in [-0.3, -0.25) is 4.79 Å². The first-order chi connectivity index (χ1) is 9.47. The molecule has 1 amide bonds. The van der Waals surface area contributed by atoms with Crippen LogP contribution in [-0.2, 0) is 6.18 Å². The lowest BCUT2D eigenvalue weighted by atomic mass is 10.1. The van der Waals surface area contributed by atoms with Gasteiger partial charge in [0.25, 0.3) is 5.91 Å². The zero-order chi connectivity index (χ0) is 14.3. The number of hydrogen-bond acceptors (Lipinski definition) is 2. The number of rotatable bonds is 1. The van der Waals surface area contributed by atoms with Crippen LogP contribution >= 0.6 is 0 Å². The van der Waals surface area contributed by atoms with Crippen LogP contribution in [0.15, 0.2) is 35.4 Å². The van der Waals surface area contributed by atoms with Crippen molar-refractivity contribution in [3.05, 3.63) is 46.5 Å². The van der Waals surface area contributed by atoms with Gasteiger partial charge in [-0.25, -0.2) is 0 Å². The van der Waals surface area contributed by atoms with E-state index in [0.29, 0.717) is 13.1 Å². The summed E-state index contributed by atoms with van der Waals surface area (Å²) in [6, 6.07) is 4.95. The zero-order valence-corrected chi connectivity index (χ0v) is 10.6. The van der Waals surface area contributed by atoms with Crippen molar-refractivity contribution in [2.75, 3.05) is 26.2 Å². The lowest BCUT2D eigenvalue weighted by molar-refractivity contribution is -0.138. The number of amides is 1. The highest BCUT2D eigenvalue weighted by Crippen LogP contribution is 2.33. The van der Waals surface area contributed by atoms with E-state index in [0.717, 1.165) is 30.3 Å². The average Bonchev–Trinajstić information content (AvgIpc) is 2.97. The van der Waals surface area contributed by atoms with Crippen LogP contribution in [0.1, 0.15) is 15.9 Å². The van der Waals surface area contributed by atoms with Crippen molar-refractivity contribution in [2.45, 2.75) is 6.18 Å². The third-order valence-electron chi connectivity index (χ3n) is 3.69. The Hall–Kier alpha value is -1.82. The summed E-state index contributed by atoms with van der Waals surface area (Å²) in [6.45, 7) is 2.29. The summed E-state index contributed by atoms with van der Waals surface area (Å²) in [7, 11) is 0. The fraction of sp³-hybridized carbons (Fsp3) is 0.357. The Labute approximate surface area is 114 Å². The van der Waals surface area contributed by atoms with Crippen LogP contribution in [0.4, 0.5) is 13.2 Å². The minimum atomic E-state index is -4.51. The second-order valence-corrected chi connectivity index (χ2v) is 5.02. The second-order valence-electron chi connectivity index (χ2n) is 5.02. The average molecular weight is 282 g/mol. The van der Waals surface area contributed by atoms with Crippen molar-refractivity contribution in [3.63, 3.8) is 0 Å². The van der Waals surface area contributed by atoms with Gasteiger partial charge < -0.3 is 10.2 Å². The Balaban J connectivity index is 1.86. The summed E-state index contributed by atoms with van der Waals surface area (Å²) in [5, 5.41) is 3.17. The molecular formula is C14H13F3N2O. The minimum Gasteiger partial charge on any atom is -0.331 e. The van der Waals surface area contributed by atoms with E-state index in [2.05, 4.69) is 5.32 Å². The van der Waals surface area contributed by atoms with Gasteiger partial charge in [0.1, 0.15) is 0 Å². The summed E-state index contributed by atoms with van der Waals surface area (Å²) in [6.07, 6.45) is -4.51. The molecule has 0 saturated heterocycles.